The lowest BCUT2D eigenvalue weighted by Gasteiger charge is -2.27. The van der Waals surface area contributed by atoms with Crippen molar-refractivity contribution in [2.45, 2.75) is 57.0 Å². The van der Waals surface area contributed by atoms with Gasteiger partial charge in [-0.15, -0.1) is 0 Å². The van der Waals surface area contributed by atoms with Gasteiger partial charge in [0, 0.05) is 36.1 Å². The van der Waals surface area contributed by atoms with E-state index in [9.17, 15) is 4.39 Å². The number of methoxy groups -OCH3 is 1. The average molecular weight is 478 g/mol. The Morgan fingerprint density at radius 1 is 1.09 bits per heavy atom. The maximum absolute atomic E-state index is 14.7. The first-order valence-corrected chi connectivity index (χ1v) is 12.3. The zero-order valence-electron chi connectivity index (χ0n) is 20.0. The van der Waals surface area contributed by atoms with E-state index >= 15 is 0 Å². The molecule has 0 amide bonds. The number of anilines is 5. The van der Waals surface area contributed by atoms with Gasteiger partial charge < -0.3 is 26.0 Å². The Morgan fingerprint density at radius 3 is 2.63 bits per heavy atom. The third kappa shape index (κ3) is 5.39. The standard InChI is InChI=1S/C26H32FN7O/c1-35-23-13-12-20(15-21(23)27)34(16-19-14-17-8-6-7-11-22(17)29-19)26-32-24(28)31-25(33-26)30-18-9-4-2-3-5-10-18/h6-8,11-13,15,18-19,29H,2-5,9-10,14,16H2,1H3,(H3,28,30,31,32,33). The SMILES string of the molecule is COc1ccc(N(CC2Cc3ccccc3N2)c2nc(N)nc(NC3CCCCCC3)n2)cc1F. The van der Waals surface area contributed by atoms with Crippen LogP contribution in [0.5, 0.6) is 5.75 Å². The van der Waals surface area contributed by atoms with Crippen LogP contribution in [0.15, 0.2) is 42.5 Å². The number of nitrogens with one attached hydrogen (secondary N) is 2. The average Bonchev–Trinajstić information content (AvgIpc) is 3.09. The molecule has 1 saturated carbocycles. The first-order valence-electron chi connectivity index (χ1n) is 12.3. The monoisotopic (exact) mass is 477 g/mol. The third-order valence-corrected chi connectivity index (χ3v) is 6.76. The molecule has 2 aromatic carbocycles. The van der Waals surface area contributed by atoms with Gasteiger partial charge in [0.15, 0.2) is 11.6 Å². The van der Waals surface area contributed by atoms with Gasteiger partial charge in [0.25, 0.3) is 0 Å². The molecule has 2 heterocycles. The molecule has 8 nitrogen and oxygen atoms in total. The van der Waals surface area contributed by atoms with Crippen LogP contribution in [0, 0.1) is 5.82 Å². The molecule has 1 unspecified atom stereocenters. The van der Waals surface area contributed by atoms with Gasteiger partial charge in [-0.1, -0.05) is 43.9 Å². The smallest absolute Gasteiger partial charge is 0.236 e. The Morgan fingerprint density at radius 2 is 1.89 bits per heavy atom. The second kappa shape index (κ2) is 10.3. The number of nitrogens with zero attached hydrogens (tertiary/aromatic N) is 4. The van der Waals surface area contributed by atoms with Crippen LogP contribution in [0.4, 0.5) is 33.6 Å². The number of rotatable bonds is 7. The van der Waals surface area contributed by atoms with Crippen LogP contribution in [0.2, 0.25) is 0 Å². The van der Waals surface area contributed by atoms with Crippen molar-refractivity contribution in [2.75, 3.05) is 34.9 Å². The lowest BCUT2D eigenvalue weighted by molar-refractivity contribution is 0.386. The minimum absolute atomic E-state index is 0.0915. The van der Waals surface area contributed by atoms with Gasteiger partial charge in [0.2, 0.25) is 17.8 Å². The Bertz CT molecular complexity index is 1140. The van der Waals surface area contributed by atoms with Gasteiger partial charge in [-0.25, -0.2) is 4.39 Å². The molecule has 5 rings (SSSR count). The minimum atomic E-state index is -0.448. The molecule has 1 aliphatic carbocycles. The van der Waals surface area contributed by atoms with E-state index in [1.165, 1.54) is 44.4 Å². The summed E-state index contributed by atoms with van der Waals surface area (Å²) < 4.78 is 19.8. The molecule has 1 atom stereocenters. The molecule has 35 heavy (non-hydrogen) atoms. The van der Waals surface area contributed by atoms with Gasteiger partial charge >= 0.3 is 0 Å². The van der Waals surface area contributed by atoms with Crippen molar-refractivity contribution in [1.82, 2.24) is 15.0 Å². The highest BCUT2D eigenvalue weighted by atomic mass is 19.1. The van der Waals surface area contributed by atoms with Crippen molar-refractivity contribution < 1.29 is 9.13 Å². The van der Waals surface area contributed by atoms with Crippen LogP contribution in [-0.2, 0) is 6.42 Å². The van der Waals surface area contributed by atoms with Crippen molar-refractivity contribution in [2.24, 2.45) is 0 Å². The molecule has 9 heteroatoms. The number of ether oxygens (including phenoxy) is 1. The number of benzene rings is 2. The summed E-state index contributed by atoms with van der Waals surface area (Å²) in [5.41, 5.74) is 9.11. The summed E-state index contributed by atoms with van der Waals surface area (Å²) in [6.07, 6.45) is 7.91. The van der Waals surface area contributed by atoms with Crippen LogP contribution in [0.25, 0.3) is 0 Å². The van der Waals surface area contributed by atoms with E-state index in [2.05, 4.69) is 32.7 Å². The van der Waals surface area contributed by atoms with Crippen molar-refractivity contribution >= 4 is 29.2 Å². The predicted molar refractivity (Wildman–Crippen MR) is 137 cm³/mol. The highest BCUT2D eigenvalue weighted by molar-refractivity contribution is 5.63. The number of hydrogen-bond donors (Lipinski definition) is 3. The maximum atomic E-state index is 14.7. The molecule has 1 aromatic heterocycles. The summed E-state index contributed by atoms with van der Waals surface area (Å²) in [5, 5.41) is 7.03. The quantitative estimate of drug-likeness (QED) is 0.413. The largest absolute Gasteiger partial charge is 0.494 e. The third-order valence-electron chi connectivity index (χ3n) is 6.76. The van der Waals surface area contributed by atoms with Gasteiger partial charge in [-0.2, -0.15) is 15.0 Å². The van der Waals surface area contributed by atoms with Gasteiger partial charge in [-0.3, -0.25) is 0 Å². The lowest BCUT2D eigenvalue weighted by atomic mass is 10.1. The number of nitrogen functional groups attached to an aromatic ring is 1. The Labute approximate surface area is 205 Å². The highest BCUT2D eigenvalue weighted by Crippen LogP contribution is 2.32. The fourth-order valence-corrected chi connectivity index (χ4v) is 5.00. The first kappa shape index (κ1) is 23.1. The van der Waals surface area contributed by atoms with Crippen molar-refractivity contribution in [3.05, 3.63) is 53.8 Å². The van der Waals surface area contributed by atoms with Crippen LogP contribution in [-0.4, -0.2) is 40.7 Å². The second-order valence-corrected chi connectivity index (χ2v) is 9.28. The van der Waals surface area contributed by atoms with Gasteiger partial charge in [0.1, 0.15) is 0 Å². The Balaban J connectivity index is 1.45. The summed E-state index contributed by atoms with van der Waals surface area (Å²) >= 11 is 0. The molecule has 1 aliphatic heterocycles. The van der Waals surface area contributed by atoms with E-state index in [0.717, 1.165) is 24.9 Å². The first-order chi connectivity index (χ1) is 17.1. The van der Waals surface area contributed by atoms with E-state index in [4.69, 9.17) is 15.5 Å². The molecule has 4 N–H and O–H groups in total. The molecule has 0 radical (unpaired) electrons. The molecule has 3 aromatic rings. The molecule has 0 bridgehead atoms. The summed E-state index contributed by atoms with van der Waals surface area (Å²) in [5.74, 6) is 0.715. The van der Waals surface area contributed by atoms with E-state index in [0.29, 0.717) is 30.2 Å². The number of fused-ring (bicyclic) bond motifs is 1. The molecule has 2 aliphatic rings. The summed E-state index contributed by atoms with van der Waals surface area (Å²) in [7, 11) is 1.45. The molecule has 0 spiro atoms. The Kier molecular flexibility index (Phi) is 6.83. The number of halogens is 1. The minimum Gasteiger partial charge on any atom is -0.494 e. The van der Waals surface area contributed by atoms with Gasteiger partial charge in [-0.05, 0) is 43.0 Å². The fourth-order valence-electron chi connectivity index (χ4n) is 5.00. The molecule has 1 fully saturated rings. The molecular weight excluding hydrogens is 445 g/mol. The molecule has 0 saturated heterocycles. The second-order valence-electron chi connectivity index (χ2n) is 9.28. The number of nitrogens with two attached hydrogens (primary N) is 1. The number of hydrogen-bond acceptors (Lipinski definition) is 8. The Hall–Kier alpha value is -3.62. The zero-order chi connectivity index (χ0) is 24.2. The zero-order valence-corrected chi connectivity index (χ0v) is 20.0. The summed E-state index contributed by atoms with van der Waals surface area (Å²) in [6.45, 7) is 0.521. The normalized spacial score (nSPS) is 17.8. The number of aromatic nitrogens is 3. The molecule has 184 valence electrons. The van der Waals surface area contributed by atoms with E-state index in [-0.39, 0.29) is 17.7 Å². The molecular formula is C26H32FN7O. The van der Waals surface area contributed by atoms with Gasteiger partial charge in [0.05, 0.1) is 7.11 Å². The van der Waals surface area contributed by atoms with E-state index in [1.807, 2.05) is 23.1 Å². The van der Waals surface area contributed by atoms with Crippen molar-refractivity contribution in [3.63, 3.8) is 0 Å². The number of para-hydroxylation sites is 1. The topological polar surface area (TPSA) is 101 Å². The highest BCUT2D eigenvalue weighted by Gasteiger charge is 2.26. The predicted octanol–water partition coefficient (Wildman–Crippen LogP) is 4.91. The van der Waals surface area contributed by atoms with Crippen LogP contribution >= 0.6 is 0 Å². The van der Waals surface area contributed by atoms with E-state index < -0.39 is 5.82 Å². The summed E-state index contributed by atoms with van der Waals surface area (Å²) in [6, 6.07) is 13.5. The van der Waals surface area contributed by atoms with Crippen molar-refractivity contribution in [1.29, 1.82) is 0 Å². The van der Waals surface area contributed by atoms with Crippen LogP contribution in [0.1, 0.15) is 44.1 Å². The lowest BCUT2D eigenvalue weighted by Crippen LogP contribution is -2.34. The summed E-state index contributed by atoms with van der Waals surface area (Å²) in [4.78, 5) is 15.4. The fraction of sp³-hybridized carbons (Fsp3) is 0.423. The van der Waals surface area contributed by atoms with Crippen LogP contribution in [0.3, 0.4) is 0 Å². The van der Waals surface area contributed by atoms with E-state index in [1.54, 1.807) is 6.07 Å². The van der Waals surface area contributed by atoms with Crippen LogP contribution < -0.4 is 26.0 Å². The maximum Gasteiger partial charge on any atom is 0.236 e. The van der Waals surface area contributed by atoms with Crippen molar-refractivity contribution in [3.8, 4) is 5.75 Å².